The normalized spacial score (nSPS) is 26.9. The van der Waals surface area contributed by atoms with Gasteiger partial charge in [0.1, 0.15) is 0 Å². The van der Waals surface area contributed by atoms with Gasteiger partial charge in [0.2, 0.25) is 0 Å². The van der Waals surface area contributed by atoms with Crippen LogP contribution in [-0.4, -0.2) is 53.5 Å². The van der Waals surface area contributed by atoms with Gasteiger partial charge in [0.05, 0.1) is 0 Å². The lowest BCUT2D eigenvalue weighted by Crippen LogP contribution is -2.40. The minimum absolute atomic E-state index is 0.328. The molecule has 2 N–H and O–H groups in total. The zero-order valence-corrected chi connectivity index (χ0v) is 11.5. The Morgan fingerprint density at radius 3 is 3.00 bits per heavy atom. The van der Waals surface area contributed by atoms with Crippen LogP contribution in [0.25, 0.3) is 0 Å². The molecule has 0 radical (unpaired) electrons. The highest BCUT2D eigenvalue weighted by atomic mass is 15.3. The maximum atomic E-state index is 6.04. The molecular formula is C15H24N4. The summed E-state index contributed by atoms with van der Waals surface area (Å²) in [7, 11) is 0. The van der Waals surface area contributed by atoms with E-state index in [4.69, 9.17) is 5.73 Å². The van der Waals surface area contributed by atoms with E-state index in [9.17, 15) is 0 Å². The average molecular weight is 260 g/mol. The summed E-state index contributed by atoms with van der Waals surface area (Å²) >= 11 is 0. The Morgan fingerprint density at radius 2 is 2.21 bits per heavy atom. The van der Waals surface area contributed by atoms with E-state index in [1.54, 1.807) is 0 Å². The molecule has 2 aliphatic rings. The summed E-state index contributed by atoms with van der Waals surface area (Å²) < 4.78 is 0. The minimum atomic E-state index is 0.328. The number of nitrogens with two attached hydrogens (primary N) is 1. The summed E-state index contributed by atoms with van der Waals surface area (Å²) in [4.78, 5) is 9.49. The van der Waals surface area contributed by atoms with Gasteiger partial charge in [-0.25, -0.2) is 0 Å². The van der Waals surface area contributed by atoms with Crippen LogP contribution in [-0.2, 0) is 0 Å². The van der Waals surface area contributed by atoms with Gasteiger partial charge in [0, 0.05) is 44.1 Å². The Morgan fingerprint density at radius 1 is 1.32 bits per heavy atom. The minimum Gasteiger partial charge on any atom is -0.329 e. The van der Waals surface area contributed by atoms with Crippen LogP contribution in [0.5, 0.6) is 0 Å². The van der Waals surface area contributed by atoms with Crippen molar-refractivity contribution in [1.82, 2.24) is 14.8 Å². The van der Waals surface area contributed by atoms with Gasteiger partial charge in [0.15, 0.2) is 0 Å². The molecule has 0 aliphatic carbocycles. The Kier molecular flexibility index (Phi) is 4.11. The number of aromatic nitrogens is 1. The summed E-state index contributed by atoms with van der Waals surface area (Å²) in [5.41, 5.74) is 7.30. The Bertz CT molecular complexity index is 394. The van der Waals surface area contributed by atoms with Crippen LogP contribution in [0.2, 0.25) is 0 Å². The van der Waals surface area contributed by atoms with Gasteiger partial charge in [-0.05, 0) is 44.0 Å². The van der Waals surface area contributed by atoms with E-state index >= 15 is 0 Å². The first-order valence-corrected chi connectivity index (χ1v) is 7.46. The molecule has 4 nitrogen and oxygen atoms in total. The van der Waals surface area contributed by atoms with Gasteiger partial charge in [0.25, 0.3) is 0 Å². The number of rotatable bonds is 3. The second-order valence-electron chi connectivity index (χ2n) is 5.72. The number of pyridine rings is 1. The van der Waals surface area contributed by atoms with Crippen molar-refractivity contribution in [2.24, 2.45) is 5.73 Å². The molecule has 2 aliphatic heterocycles. The maximum absolute atomic E-state index is 6.04. The Balaban J connectivity index is 1.75. The fourth-order valence-electron chi connectivity index (χ4n) is 3.59. The highest BCUT2D eigenvalue weighted by Gasteiger charge is 2.31. The molecule has 1 aromatic heterocycles. The number of nitrogens with zero attached hydrogens (tertiary/aromatic N) is 3. The van der Waals surface area contributed by atoms with Crippen LogP contribution < -0.4 is 5.73 Å². The number of fused-ring (bicyclic) bond motifs is 1. The summed E-state index contributed by atoms with van der Waals surface area (Å²) in [5, 5.41) is 0. The zero-order valence-electron chi connectivity index (χ0n) is 11.5. The molecular weight excluding hydrogens is 236 g/mol. The van der Waals surface area contributed by atoms with Gasteiger partial charge in [-0.1, -0.05) is 6.07 Å². The fraction of sp³-hybridized carbons (Fsp3) is 0.667. The monoisotopic (exact) mass is 260 g/mol. The molecule has 0 spiro atoms. The molecule has 4 heteroatoms. The van der Waals surface area contributed by atoms with E-state index in [2.05, 4.69) is 20.9 Å². The molecule has 2 unspecified atom stereocenters. The predicted molar refractivity (Wildman–Crippen MR) is 76.8 cm³/mol. The van der Waals surface area contributed by atoms with Crippen LogP contribution in [0.15, 0.2) is 24.5 Å². The molecule has 0 bridgehead atoms. The number of hydrogen-bond acceptors (Lipinski definition) is 4. The summed E-state index contributed by atoms with van der Waals surface area (Å²) in [6, 6.07) is 5.24. The van der Waals surface area contributed by atoms with E-state index in [0.29, 0.717) is 12.6 Å². The molecule has 2 saturated heterocycles. The van der Waals surface area contributed by atoms with E-state index in [1.807, 2.05) is 18.5 Å². The summed E-state index contributed by atoms with van der Waals surface area (Å²) in [6.07, 6.45) is 7.76. The Hall–Kier alpha value is -0.970. The molecule has 104 valence electrons. The lowest BCUT2D eigenvalue weighted by molar-refractivity contribution is 0.176. The van der Waals surface area contributed by atoms with Crippen molar-refractivity contribution < 1.29 is 0 Å². The summed E-state index contributed by atoms with van der Waals surface area (Å²) in [6.45, 7) is 5.54. The standard InChI is InChI=1S/C15H24N4/c16-10-15(13-4-1-6-17-11-13)19-9-3-8-18-7-2-5-14(18)12-19/h1,4,6,11,14-15H,2-3,5,7-10,12,16H2. The highest BCUT2D eigenvalue weighted by Crippen LogP contribution is 2.26. The molecule has 1 aromatic rings. The smallest absolute Gasteiger partial charge is 0.0486 e. The van der Waals surface area contributed by atoms with Gasteiger partial charge in [-0.15, -0.1) is 0 Å². The molecule has 3 heterocycles. The van der Waals surface area contributed by atoms with Crippen molar-refractivity contribution in [3.63, 3.8) is 0 Å². The van der Waals surface area contributed by atoms with Gasteiger partial charge >= 0.3 is 0 Å². The highest BCUT2D eigenvalue weighted by molar-refractivity contribution is 5.15. The van der Waals surface area contributed by atoms with Gasteiger partial charge < -0.3 is 5.73 Å². The first kappa shape index (κ1) is 13.0. The van der Waals surface area contributed by atoms with Crippen molar-refractivity contribution in [1.29, 1.82) is 0 Å². The maximum Gasteiger partial charge on any atom is 0.0486 e. The molecule has 0 saturated carbocycles. The second-order valence-corrected chi connectivity index (χ2v) is 5.72. The van der Waals surface area contributed by atoms with Crippen molar-refractivity contribution >= 4 is 0 Å². The van der Waals surface area contributed by atoms with E-state index in [-0.39, 0.29) is 0 Å². The SMILES string of the molecule is NCC(c1cccnc1)N1CCCN2CCCC2C1. The van der Waals surface area contributed by atoms with E-state index < -0.39 is 0 Å². The average Bonchev–Trinajstić information content (AvgIpc) is 2.79. The number of hydrogen-bond donors (Lipinski definition) is 1. The first-order valence-electron chi connectivity index (χ1n) is 7.46. The second kappa shape index (κ2) is 5.99. The quantitative estimate of drug-likeness (QED) is 0.888. The lowest BCUT2D eigenvalue weighted by atomic mass is 10.1. The molecule has 2 fully saturated rings. The first-order chi connectivity index (χ1) is 9.38. The van der Waals surface area contributed by atoms with Crippen LogP contribution in [0.1, 0.15) is 30.9 Å². The van der Waals surface area contributed by atoms with E-state index in [1.165, 1.54) is 37.9 Å². The van der Waals surface area contributed by atoms with Crippen LogP contribution in [0.4, 0.5) is 0 Å². The van der Waals surface area contributed by atoms with Crippen LogP contribution in [0.3, 0.4) is 0 Å². The lowest BCUT2D eigenvalue weighted by Gasteiger charge is -2.32. The van der Waals surface area contributed by atoms with Crippen LogP contribution in [0, 0.1) is 0 Å². The third-order valence-corrected chi connectivity index (χ3v) is 4.57. The zero-order chi connectivity index (χ0) is 13.1. The Labute approximate surface area is 115 Å². The largest absolute Gasteiger partial charge is 0.329 e. The van der Waals surface area contributed by atoms with Crippen molar-refractivity contribution in [3.8, 4) is 0 Å². The van der Waals surface area contributed by atoms with Gasteiger partial charge in [-0.2, -0.15) is 0 Å². The fourth-order valence-corrected chi connectivity index (χ4v) is 3.59. The molecule has 3 rings (SSSR count). The van der Waals surface area contributed by atoms with Crippen molar-refractivity contribution in [2.75, 3.05) is 32.7 Å². The molecule has 2 atom stereocenters. The summed E-state index contributed by atoms with van der Waals surface area (Å²) in [5.74, 6) is 0. The van der Waals surface area contributed by atoms with Crippen molar-refractivity contribution in [3.05, 3.63) is 30.1 Å². The van der Waals surface area contributed by atoms with Crippen molar-refractivity contribution in [2.45, 2.75) is 31.3 Å². The third-order valence-electron chi connectivity index (χ3n) is 4.57. The third kappa shape index (κ3) is 2.81. The molecule has 0 amide bonds. The van der Waals surface area contributed by atoms with E-state index in [0.717, 1.165) is 19.1 Å². The van der Waals surface area contributed by atoms with Gasteiger partial charge in [-0.3, -0.25) is 14.8 Å². The molecule has 19 heavy (non-hydrogen) atoms. The predicted octanol–water partition coefficient (Wildman–Crippen LogP) is 1.25. The topological polar surface area (TPSA) is 45.4 Å². The molecule has 0 aromatic carbocycles. The van der Waals surface area contributed by atoms with Crippen LogP contribution >= 0.6 is 0 Å².